The van der Waals surface area contributed by atoms with Gasteiger partial charge in [0.1, 0.15) is 6.17 Å². The first-order valence-electron chi connectivity index (χ1n) is 7.07. The fourth-order valence-corrected chi connectivity index (χ4v) is 4.72. The third kappa shape index (κ3) is 3.27. The van der Waals surface area contributed by atoms with E-state index in [1.54, 1.807) is 0 Å². The monoisotopic (exact) mass is 294 g/mol. The van der Waals surface area contributed by atoms with Crippen molar-refractivity contribution in [2.75, 3.05) is 19.8 Å². The molecule has 0 saturated carbocycles. The van der Waals surface area contributed by atoms with Gasteiger partial charge in [-0.2, -0.15) is 5.10 Å². The summed E-state index contributed by atoms with van der Waals surface area (Å²) in [5.74, 6) is 0. The van der Waals surface area contributed by atoms with Crippen LogP contribution in [0.2, 0.25) is 0 Å². The number of benzene rings is 1. The predicted molar refractivity (Wildman–Crippen MR) is 80.4 cm³/mol. The third-order valence-corrected chi connectivity index (χ3v) is 5.86. The van der Waals surface area contributed by atoms with Crippen LogP contribution in [0.5, 0.6) is 0 Å². The van der Waals surface area contributed by atoms with Gasteiger partial charge in [-0.15, -0.1) is 0 Å². The highest BCUT2D eigenvalue weighted by atomic mass is 28.4. The molecule has 0 spiro atoms. The summed E-state index contributed by atoms with van der Waals surface area (Å²) in [4.78, 5) is 0. The average Bonchev–Trinajstić information content (AvgIpc) is 2.83. The van der Waals surface area contributed by atoms with Gasteiger partial charge >= 0.3 is 8.80 Å². The van der Waals surface area contributed by atoms with Gasteiger partial charge in [0.2, 0.25) is 0 Å². The van der Waals surface area contributed by atoms with Crippen molar-refractivity contribution in [1.82, 2.24) is 9.78 Å². The molecular weight excluding hydrogens is 272 g/mol. The molecule has 1 heterocycles. The molecule has 2 aromatic rings. The number of nitrogens with zero attached hydrogens (tertiary/aromatic N) is 2. The lowest BCUT2D eigenvalue weighted by Crippen LogP contribution is -2.50. The van der Waals surface area contributed by atoms with Crippen LogP contribution in [0.15, 0.2) is 30.5 Å². The first-order valence-corrected chi connectivity index (χ1v) is 9.00. The second-order valence-corrected chi connectivity index (χ2v) is 6.89. The number of hydrogen-bond acceptors (Lipinski definition) is 4. The molecule has 1 aromatic heterocycles. The molecule has 0 fully saturated rings. The summed E-state index contributed by atoms with van der Waals surface area (Å²) in [5, 5.41) is 5.55. The van der Waals surface area contributed by atoms with E-state index in [0.717, 1.165) is 10.9 Å². The Hall–Kier alpha value is -1.21. The van der Waals surface area contributed by atoms with Gasteiger partial charge < -0.3 is 13.3 Å². The van der Waals surface area contributed by atoms with Crippen molar-refractivity contribution in [1.29, 1.82) is 0 Å². The van der Waals surface area contributed by atoms with E-state index >= 15 is 0 Å². The molecule has 5 nitrogen and oxygen atoms in total. The number of rotatable bonds is 8. The molecule has 0 aliphatic rings. The molecule has 0 atom stereocenters. The zero-order valence-corrected chi connectivity index (χ0v) is 13.3. The van der Waals surface area contributed by atoms with Crippen LogP contribution < -0.4 is 0 Å². The smallest absolute Gasteiger partial charge is 0.373 e. The number of aromatic nitrogens is 2. The number of fused-ring (bicyclic) bond motifs is 1. The highest BCUT2D eigenvalue weighted by Crippen LogP contribution is 2.18. The summed E-state index contributed by atoms with van der Waals surface area (Å²) < 4.78 is 19.5. The highest BCUT2D eigenvalue weighted by Gasteiger charge is 2.41. The Balaban J connectivity index is 2.30. The van der Waals surface area contributed by atoms with Crippen LogP contribution in [0.4, 0.5) is 0 Å². The van der Waals surface area contributed by atoms with E-state index in [4.69, 9.17) is 13.3 Å². The molecule has 2 rings (SSSR count). The van der Waals surface area contributed by atoms with Gasteiger partial charge in [0.05, 0.1) is 11.7 Å². The maximum Gasteiger partial charge on any atom is 0.523 e. The molecule has 0 amide bonds. The van der Waals surface area contributed by atoms with Crippen molar-refractivity contribution in [3.05, 3.63) is 30.5 Å². The van der Waals surface area contributed by atoms with Crippen molar-refractivity contribution in [3.8, 4) is 0 Å². The molecule has 0 N–H and O–H groups in total. The van der Waals surface area contributed by atoms with Crippen molar-refractivity contribution in [2.24, 2.45) is 0 Å². The summed E-state index contributed by atoms with van der Waals surface area (Å²) in [6.07, 6.45) is 2.40. The SMILES string of the molecule is CCO[Si](Cn1ncc2ccccc21)(OCC)OCC. The Bertz CT molecular complexity index is 527. The number of para-hydroxylation sites is 1. The number of hydrogen-bond donors (Lipinski definition) is 0. The first kappa shape index (κ1) is 15.2. The largest absolute Gasteiger partial charge is 0.523 e. The van der Waals surface area contributed by atoms with Crippen LogP contribution in [-0.4, -0.2) is 38.4 Å². The van der Waals surface area contributed by atoms with Crippen molar-refractivity contribution >= 4 is 19.7 Å². The van der Waals surface area contributed by atoms with Gasteiger partial charge in [0.15, 0.2) is 0 Å². The van der Waals surface area contributed by atoms with Gasteiger partial charge in [-0.3, -0.25) is 4.68 Å². The first-order chi connectivity index (χ1) is 9.74. The van der Waals surface area contributed by atoms with Crippen LogP contribution in [-0.2, 0) is 19.4 Å². The van der Waals surface area contributed by atoms with Crippen LogP contribution in [0.25, 0.3) is 10.9 Å². The van der Waals surface area contributed by atoms with E-state index in [2.05, 4.69) is 5.10 Å². The van der Waals surface area contributed by atoms with E-state index in [1.807, 2.05) is 55.9 Å². The quantitative estimate of drug-likeness (QED) is 0.702. The van der Waals surface area contributed by atoms with Crippen LogP contribution in [0.1, 0.15) is 20.8 Å². The molecule has 0 aliphatic carbocycles. The Morgan fingerprint density at radius 3 is 2.20 bits per heavy atom. The molecular formula is C14H22N2O3Si. The molecule has 0 radical (unpaired) electrons. The normalized spacial score (nSPS) is 12.2. The molecule has 6 heteroatoms. The zero-order chi connectivity index (χ0) is 14.4. The second-order valence-electron chi connectivity index (χ2n) is 4.34. The van der Waals surface area contributed by atoms with Crippen molar-refractivity contribution in [3.63, 3.8) is 0 Å². The van der Waals surface area contributed by atoms with E-state index in [-0.39, 0.29) is 0 Å². The Kier molecular flexibility index (Phi) is 5.30. The molecule has 0 bridgehead atoms. The molecule has 0 unspecified atom stereocenters. The Morgan fingerprint density at radius 1 is 1.00 bits per heavy atom. The fraction of sp³-hybridized carbons (Fsp3) is 0.500. The summed E-state index contributed by atoms with van der Waals surface area (Å²) in [6, 6.07) is 8.11. The Morgan fingerprint density at radius 2 is 1.60 bits per heavy atom. The molecule has 110 valence electrons. The van der Waals surface area contributed by atoms with Gasteiger partial charge in [-0.25, -0.2) is 0 Å². The van der Waals surface area contributed by atoms with Crippen molar-refractivity contribution < 1.29 is 13.3 Å². The van der Waals surface area contributed by atoms with E-state index in [9.17, 15) is 0 Å². The molecule has 1 aromatic carbocycles. The fourth-order valence-electron chi connectivity index (χ4n) is 2.26. The highest BCUT2D eigenvalue weighted by molar-refractivity contribution is 6.59. The molecule has 0 saturated heterocycles. The van der Waals surface area contributed by atoms with Gasteiger partial charge in [-0.05, 0) is 26.8 Å². The van der Waals surface area contributed by atoms with Crippen LogP contribution >= 0.6 is 0 Å². The minimum Gasteiger partial charge on any atom is -0.373 e. The van der Waals surface area contributed by atoms with E-state index < -0.39 is 8.80 Å². The molecule has 0 aliphatic heterocycles. The van der Waals surface area contributed by atoms with Crippen molar-refractivity contribution in [2.45, 2.75) is 26.9 Å². The van der Waals surface area contributed by atoms with Gasteiger partial charge in [0, 0.05) is 25.2 Å². The van der Waals surface area contributed by atoms with Crippen LogP contribution in [0, 0.1) is 0 Å². The van der Waals surface area contributed by atoms with E-state index in [0.29, 0.717) is 26.0 Å². The summed E-state index contributed by atoms with van der Waals surface area (Å²) in [5.41, 5.74) is 1.07. The standard InChI is InChI=1S/C14H22N2O3Si/c1-4-17-20(18-5-2,19-6-3)12-16-14-10-8-7-9-13(14)11-15-16/h7-11H,4-6,12H2,1-3H3. The van der Waals surface area contributed by atoms with Crippen LogP contribution in [0.3, 0.4) is 0 Å². The Labute approximate surface area is 120 Å². The summed E-state index contributed by atoms with van der Waals surface area (Å²) >= 11 is 0. The lowest BCUT2D eigenvalue weighted by atomic mass is 10.3. The van der Waals surface area contributed by atoms with E-state index in [1.165, 1.54) is 0 Å². The lowest BCUT2D eigenvalue weighted by molar-refractivity contribution is 0.0643. The molecule has 20 heavy (non-hydrogen) atoms. The second kappa shape index (κ2) is 6.99. The summed E-state index contributed by atoms with van der Waals surface area (Å²) in [6.45, 7) is 7.60. The average molecular weight is 294 g/mol. The third-order valence-electron chi connectivity index (χ3n) is 2.99. The van der Waals surface area contributed by atoms with Gasteiger partial charge in [-0.1, -0.05) is 18.2 Å². The maximum atomic E-state index is 5.87. The maximum absolute atomic E-state index is 5.87. The lowest BCUT2D eigenvalue weighted by Gasteiger charge is -2.28. The predicted octanol–water partition coefficient (Wildman–Crippen LogP) is 2.62. The summed E-state index contributed by atoms with van der Waals surface area (Å²) in [7, 11) is -2.72. The topological polar surface area (TPSA) is 45.5 Å². The minimum atomic E-state index is -2.72. The minimum absolute atomic E-state index is 0.538. The zero-order valence-electron chi connectivity index (χ0n) is 12.3. The van der Waals surface area contributed by atoms with Gasteiger partial charge in [0.25, 0.3) is 0 Å².